The number of urea groups is 1. The van der Waals surface area contributed by atoms with Gasteiger partial charge in [0.25, 0.3) is 0 Å². The average Bonchev–Trinajstić information content (AvgIpc) is 3.03. The molecule has 5 nitrogen and oxygen atoms in total. The van der Waals surface area contributed by atoms with Crippen molar-refractivity contribution in [1.82, 2.24) is 10.2 Å². The third-order valence-corrected chi connectivity index (χ3v) is 6.71. The Hall–Kier alpha value is -2.82. The first kappa shape index (κ1) is 20.5. The Kier molecular flexibility index (Phi) is 4.88. The molecule has 1 fully saturated rings. The van der Waals surface area contributed by atoms with Gasteiger partial charge in [0.2, 0.25) is 5.91 Å². The average molecular weight is 407 g/mol. The normalized spacial score (nSPS) is 19.4. The first-order valence-corrected chi connectivity index (χ1v) is 10.5. The molecule has 4 rings (SSSR count). The molecule has 0 aromatic heterocycles. The van der Waals surface area contributed by atoms with Gasteiger partial charge in [0, 0.05) is 5.56 Å². The molecular weight excluding hydrogens is 376 g/mol. The summed E-state index contributed by atoms with van der Waals surface area (Å²) in [6, 6.07) is 12.2. The highest BCUT2D eigenvalue weighted by Gasteiger charge is 2.37. The van der Waals surface area contributed by atoms with Crippen LogP contribution in [0.4, 0.5) is 4.79 Å². The van der Waals surface area contributed by atoms with Gasteiger partial charge in [0.15, 0.2) is 0 Å². The van der Waals surface area contributed by atoms with Gasteiger partial charge in [-0.1, -0.05) is 52.0 Å². The van der Waals surface area contributed by atoms with E-state index in [0.717, 1.165) is 28.9 Å². The van der Waals surface area contributed by atoms with Crippen molar-refractivity contribution in [2.75, 3.05) is 13.7 Å². The molecule has 5 heteroatoms. The van der Waals surface area contributed by atoms with E-state index in [4.69, 9.17) is 4.74 Å². The molecule has 0 spiro atoms. The summed E-state index contributed by atoms with van der Waals surface area (Å²) in [6.45, 7) is 9.59. The van der Waals surface area contributed by atoms with Crippen LogP contribution in [0.15, 0.2) is 36.4 Å². The van der Waals surface area contributed by atoms with Gasteiger partial charge in [-0.25, -0.2) is 4.79 Å². The van der Waals surface area contributed by atoms with Crippen molar-refractivity contribution >= 4 is 11.9 Å². The second kappa shape index (κ2) is 7.15. The van der Waals surface area contributed by atoms with Gasteiger partial charge in [0.1, 0.15) is 5.75 Å². The van der Waals surface area contributed by atoms with E-state index in [2.05, 4.69) is 51.2 Å². The van der Waals surface area contributed by atoms with Gasteiger partial charge in [-0.15, -0.1) is 0 Å². The Balaban J connectivity index is 1.76. The molecule has 0 radical (unpaired) electrons. The van der Waals surface area contributed by atoms with Crippen LogP contribution in [-0.4, -0.2) is 30.5 Å². The lowest BCUT2D eigenvalue weighted by atomic mass is 9.63. The molecule has 1 aliphatic heterocycles. The van der Waals surface area contributed by atoms with Gasteiger partial charge in [0.05, 0.1) is 20.2 Å². The Morgan fingerprint density at radius 2 is 1.67 bits per heavy atom. The fraction of sp³-hybridized carbons (Fsp3) is 0.440. The minimum absolute atomic E-state index is 0.0670. The molecule has 0 unspecified atom stereocenters. The molecule has 1 N–H and O–H groups in total. The summed E-state index contributed by atoms with van der Waals surface area (Å²) in [5.41, 5.74) is 6.05. The minimum Gasteiger partial charge on any atom is -0.496 e. The Morgan fingerprint density at radius 3 is 2.30 bits per heavy atom. The van der Waals surface area contributed by atoms with Gasteiger partial charge < -0.3 is 10.1 Å². The number of hydrogen-bond acceptors (Lipinski definition) is 3. The first-order valence-electron chi connectivity index (χ1n) is 10.5. The molecule has 0 atom stereocenters. The zero-order chi connectivity index (χ0) is 21.7. The van der Waals surface area contributed by atoms with Gasteiger partial charge >= 0.3 is 6.03 Å². The number of methoxy groups -OCH3 is 1. The maximum absolute atomic E-state index is 12.0. The fourth-order valence-corrected chi connectivity index (χ4v) is 4.63. The van der Waals surface area contributed by atoms with E-state index in [0.29, 0.717) is 0 Å². The van der Waals surface area contributed by atoms with Crippen LogP contribution in [-0.2, 0) is 22.2 Å². The van der Waals surface area contributed by atoms with Crippen molar-refractivity contribution in [2.24, 2.45) is 0 Å². The molecule has 1 aliphatic carbocycles. The smallest absolute Gasteiger partial charge is 0.324 e. The molecule has 1 heterocycles. The molecule has 2 aromatic carbocycles. The Morgan fingerprint density at radius 1 is 0.967 bits per heavy atom. The lowest BCUT2D eigenvalue weighted by molar-refractivity contribution is -0.125. The summed E-state index contributed by atoms with van der Waals surface area (Å²) in [6.07, 6.45) is 2.33. The maximum Gasteiger partial charge on any atom is 0.324 e. The van der Waals surface area contributed by atoms with Gasteiger partial charge in [-0.05, 0) is 58.1 Å². The molecule has 0 saturated carbocycles. The number of fused-ring (bicyclic) bond motifs is 1. The number of amides is 3. The van der Waals surface area contributed by atoms with Crippen molar-refractivity contribution in [2.45, 2.75) is 57.9 Å². The van der Waals surface area contributed by atoms with Crippen molar-refractivity contribution in [3.05, 3.63) is 53.1 Å². The van der Waals surface area contributed by atoms with Gasteiger partial charge in [-0.2, -0.15) is 0 Å². The zero-order valence-corrected chi connectivity index (χ0v) is 18.5. The predicted molar refractivity (Wildman–Crippen MR) is 118 cm³/mol. The van der Waals surface area contributed by atoms with Crippen molar-refractivity contribution in [3.8, 4) is 16.9 Å². The third-order valence-electron chi connectivity index (χ3n) is 6.71. The van der Waals surface area contributed by atoms with E-state index in [1.165, 1.54) is 22.4 Å². The summed E-state index contributed by atoms with van der Waals surface area (Å²) in [4.78, 5) is 25.2. The largest absolute Gasteiger partial charge is 0.496 e. The van der Waals surface area contributed by atoms with Crippen molar-refractivity contribution < 1.29 is 14.3 Å². The minimum atomic E-state index is -0.338. The van der Waals surface area contributed by atoms with Crippen molar-refractivity contribution in [3.63, 3.8) is 0 Å². The van der Waals surface area contributed by atoms with E-state index in [-0.39, 0.29) is 35.9 Å². The maximum atomic E-state index is 12.0. The van der Waals surface area contributed by atoms with Gasteiger partial charge in [-0.3, -0.25) is 9.69 Å². The lowest BCUT2D eigenvalue weighted by Gasteiger charge is -2.42. The van der Waals surface area contributed by atoms with E-state index in [1.54, 1.807) is 7.11 Å². The molecule has 3 amide bonds. The molecular formula is C25H30N2O3. The number of ether oxygens (including phenoxy) is 1. The van der Waals surface area contributed by atoms with E-state index in [1.807, 2.05) is 18.2 Å². The topological polar surface area (TPSA) is 58.6 Å². The van der Waals surface area contributed by atoms with E-state index >= 15 is 0 Å². The van der Waals surface area contributed by atoms with E-state index < -0.39 is 0 Å². The number of imide groups is 1. The number of hydrogen-bond donors (Lipinski definition) is 1. The second-order valence-corrected chi connectivity index (χ2v) is 9.70. The summed E-state index contributed by atoms with van der Waals surface area (Å²) >= 11 is 0. The highest BCUT2D eigenvalue weighted by Crippen LogP contribution is 2.47. The summed E-state index contributed by atoms with van der Waals surface area (Å²) in [5, 5.41) is 2.57. The highest BCUT2D eigenvalue weighted by atomic mass is 16.5. The van der Waals surface area contributed by atoms with Crippen LogP contribution in [0.2, 0.25) is 0 Å². The zero-order valence-electron chi connectivity index (χ0n) is 18.5. The summed E-state index contributed by atoms with van der Waals surface area (Å²) in [5.74, 6) is 0.582. The van der Waals surface area contributed by atoms with Crippen LogP contribution in [0, 0.1) is 0 Å². The molecule has 0 bridgehead atoms. The summed E-state index contributed by atoms with van der Waals surface area (Å²) < 4.78 is 5.64. The van der Waals surface area contributed by atoms with Crippen LogP contribution < -0.4 is 10.1 Å². The third kappa shape index (κ3) is 3.47. The SMILES string of the molecule is COc1ccc(CN2C(=O)CNC2=O)cc1-c1ccc2c(c1)C(C)(C)CCC2(C)C. The molecule has 1 saturated heterocycles. The van der Waals surface area contributed by atoms with Crippen LogP contribution >= 0.6 is 0 Å². The molecule has 2 aromatic rings. The first-order chi connectivity index (χ1) is 14.1. The quantitative estimate of drug-likeness (QED) is 0.745. The lowest BCUT2D eigenvalue weighted by Crippen LogP contribution is -2.33. The molecule has 30 heavy (non-hydrogen) atoms. The van der Waals surface area contributed by atoms with E-state index in [9.17, 15) is 9.59 Å². The number of carbonyl (C=O) groups is 2. The monoisotopic (exact) mass is 406 g/mol. The predicted octanol–water partition coefficient (Wildman–Crippen LogP) is 4.76. The van der Waals surface area contributed by atoms with Crippen LogP contribution in [0.5, 0.6) is 5.75 Å². The van der Waals surface area contributed by atoms with Crippen LogP contribution in [0.3, 0.4) is 0 Å². The van der Waals surface area contributed by atoms with Crippen molar-refractivity contribution in [1.29, 1.82) is 0 Å². The summed E-state index contributed by atoms with van der Waals surface area (Å²) in [7, 11) is 1.67. The number of rotatable bonds is 4. The number of nitrogens with zero attached hydrogens (tertiary/aromatic N) is 1. The Bertz CT molecular complexity index is 1010. The highest BCUT2D eigenvalue weighted by molar-refractivity contribution is 6.01. The molecule has 2 aliphatic rings. The molecule has 158 valence electrons. The fourth-order valence-electron chi connectivity index (χ4n) is 4.63. The van der Waals surface area contributed by atoms with Crippen LogP contribution in [0.25, 0.3) is 11.1 Å². The number of nitrogens with one attached hydrogen (secondary N) is 1. The standard InChI is InChI=1S/C25H30N2O3/c1-24(2)10-11-25(3,4)20-13-17(7-8-19(20)24)18-12-16(6-9-21(18)30-5)15-27-22(28)14-26-23(27)29/h6-9,12-13H,10-11,14-15H2,1-5H3,(H,26,29). The number of carbonyl (C=O) groups excluding carboxylic acids is 2. The van der Waals surface area contributed by atoms with Crippen LogP contribution in [0.1, 0.15) is 57.2 Å². The number of benzene rings is 2. The second-order valence-electron chi connectivity index (χ2n) is 9.70. The Labute approximate surface area is 178 Å².